The SMILES string of the molecule is COc1ccc(-c2nnc(NC3CCCN(CCC(=O)O)C3)cc2C)c(O)c1. The van der Waals surface area contributed by atoms with Gasteiger partial charge in [0.05, 0.1) is 19.2 Å². The van der Waals surface area contributed by atoms with Crippen LogP contribution >= 0.6 is 0 Å². The van der Waals surface area contributed by atoms with Gasteiger partial charge < -0.3 is 25.2 Å². The lowest BCUT2D eigenvalue weighted by molar-refractivity contribution is -0.137. The van der Waals surface area contributed by atoms with Gasteiger partial charge in [0.15, 0.2) is 0 Å². The van der Waals surface area contributed by atoms with E-state index in [2.05, 4.69) is 20.4 Å². The molecule has 0 aliphatic carbocycles. The van der Waals surface area contributed by atoms with Crippen molar-refractivity contribution in [3.8, 4) is 22.8 Å². The van der Waals surface area contributed by atoms with Gasteiger partial charge in [0.2, 0.25) is 0 Å². The van der Waals surface area contributed by atoms with E-state index < -0.39 is 5.97 Å². The number of aromatic hydroxyl groups is 1. The number of phenols is 1. The van der Waals surface area contributed by atoms with E-state index in [4.69, 9.17) is 9.84 Å². The van der Waals surface area contributed by atoms with Gasteiger partial charge in [0, 0.05) is 30.8 Å². The van der Waals surface area contributed by atoms with Crippen molar-refractivity contribution in [2.75, 3.05) is 32.1 Å². The average Bonchev–Trinajstić information content (AvgIpc) is 2.67. The van der Waals surface area contributed by atoms with E-state index in [0.29, 0.717) is 29.4 Å². The standard InChI is InChI=1S/C20H26N4O4/c1-13-10-18(21-14-4-3-8-24(12-14)9-7-19(26)27)22-23-20(13)16-6-5-15(28-2)11-17(16)25/h5-6,10-11,14,25H,3-4,7-9,12H2,1-2H3,(H,21,22)(H,26,27). The van der Waals surface area contributed by atoms with Gasteiger partial charge in [-0.1, -0.05) is 0 Å². The summed E-state index contributed by atoms with van der Waals surface area (Å²) in [6, 6.07) is 7.21. The number of carbonyl (C=O) groups is 1. The molecule has 0 radical (unpaired) electrons. The fraction of sp³-hybridized carbons (Fsp3) is 0.450. The van der Waals surface area contributed by atoms with Crippen LogP contribution in [-0.4, -0.2) is 64.1 Å². The molecule has 3 N–H and O–H groups in total. The quantitative estimate of drug-likeness (QED) is 0.666. The van der Waals surface area contributed by atoms with Crippen LogP contribution in [0.3, 0.4) is 0 Å². The summed E-state index contributed by atoms with van der Waals surface area (Å²) in [4.78, 5) is 12.9. The molecule has 8 nitrogen and oxygen atoms in total. The number of anilines is 1. The van der Waals surface area contributed by atoms with Crippen LogP contribution < -0.4 is 10.1 Å². The average molecular weight is 386 g/mol. The monoisotopic (exact) mass is 386 g/mol. The first kappa shape index (κ1) is 19.9. The lowest BCUT2D eigenvalue weighted by Crippen LogP contribution is -2.43. The lowest BCUT2D eigenvalue weighted by Gasteiger charge is -2.33. The molecule has 2 aromatic rings. The number of nitrogens with one attached hydrogen (secondary N) is 1. The Kier molecular flexibility index (Phi) is 6.30. The summed E-state index contributed by atoms with van der Waals surface area (Å²) < 4.78 is 5.12. The van der Waals surface area contributed by atoms with Crippen LogP contribution in [0.1, 0.15) is 24.8 Å². The van der Waals surface area contributed by atoms with E-state index in [1.165, 1.54) is 0 Å². The Morgan fingerprint density at radius 1 is 1.36 bits per heavy atom. The van der Waals surface area contributed by atoms with Crippen molar-refractivity contribution in [3.05, 3.63) is 29.8 Å². The van der Waals surface area contributed by atoms with Crippen molar-refractivity contribution >= 4 is 11.8 Å². The topological polar surface area (TPSA) is 108 Å². The summed E-state index contributed by atoms with van der Waals surface area (Å²) in [6.07, 6.45) is 2.18. The maximum atomic E-state index is 10.8. The van der Waals surface area contributed by atoms with Gasteiger partial charge in [-0.25, -0.2) is 0 Å². The molecular weight excluding hydrogens is 360 g/mol. The highest BCUT2D eigenvalue weighted by atomic mass is 16.5. The number of phenolic OH excluding ortho intramolecular Hbond substituents is 1. The number of carboxylic acid groups (broad SMARTS) is 1. The Balaban J connectivity index is 1.68. The summed E-state index contributed by atoms with van der Waals surface area (Å²) in [7, 11) is 1.55. The van der Waals surface area contributed by atoms with Gasteiger partial charge in [0.1, 0.15) is 17.3 Å². The van der Waals surface area contributed by atoms with Crippen LogP contribution in [0, 0.1) is 6.92 Å². The summed E-state index contributed by atoms with van der Waals surface area (Å²) in [5, 5.41) is 31.1. The molecule has 150 valence electrons. The molecule has 1 saturated heterocycles. The van der Waals surface area contributed by atoms with Crippen LogP contribution in [0.5, 0.6) is 11.5 Å². The predicted octanol–water partition coefficient (Wildman–Crippen LogP) is 2.52. The number of rotatable bonds is 7. The molecule has 0 bridgehead atoms. The second-order valence-electron chi connectivity index (χ2n) is 7.07. The van der Waals surface area contributed by atoms with Gasteiger partial charge in [-0.3, -0.25) is 4.79 Å². The molecule has 8 heteroatoms. The van der Waals surface area contributed by atoms with Crippen molar-refractivity contribution in [2.24, 2.45) is 0 Å². The summed E-state index contributed by atoms with van der Waals surface area (Å²) in [6.45, 7) is 4.20. The number of carboxylic acids is 1. The highest BCUT2D eigenvalue weighted by Crippen LogP contribution is 2.33. The molecule has 1 aromatic carbocycles. The van der Waals surface area contributed by atoms with Crippen LogP contribution in [-0.2, 0) is 4.79 Å². The zero-order chi connectivity index (χ0) is 20.1. The largest absolute Gasteiger partial charge is 0.507 e. The minimum atomic E-state index is -0.769. The highest BCUT2D eigenvalue weighted by Gasteiger charge is 2.21. The number of aliphatic carboxylic acids is 1. The molecule has 28 heavy (non-hydrogen) atoms. The number of ether oxygens (including phenoxy) is 1. The number of hydrogen-bond acceptors (Lipinski definition) is 7. The maximum Gasteiger partial charge on any atom is 0.304 e. The summed E-state index contributed by atoms with van der Waals surface area (Å²) in [5.41, 5.74) is 2.13. The molecule has 1 atom stereocenters. The first-order valence-corrected chi connectivity index (χ1v) is 9.38. The second-order valence-corrected chi connectivity index (χ2v) is 7.07. The number of hydrogen-bond donors (Lipinski definition) is 3. The van der Waals surface area contributed by atoms with Crippen molar-refractivity contribution < 1.29 is 19.7 Å². The number of methoxy groups -OCH3 is 1. The fourth-order valence-electron chi connectivity index (χ4n) is 3.50. The molecule has 1 fully saturated rings. The minimum absolute atomic E-state index is 0.0961. The lowest BCUT2D eigenvalue weighted by atomic mass is 10.0. The first-order valence-electron chi connectivity index (χ1n) is 9.38. The van der Waals surface area contributed by atoms with Crippen molar-refractivity contribution in [2.45, 2.75) is 32.2 Å². The molecule has 1 aliphatic rings. The number of aromatic nitrogens is 2. The van der Waals surface area contributed by atoms with E-state index >= 15 is 0 Å². The smallest absolute Gasteiger partial charge is 0.304 e. The zero-order valence-electron chi connectivity index (χ0n) is 16.2. The van der Waals surface area contributed by atoms with E-state index in [1.54, 1.807) is 25.3 Å². The van der Waals surface area contributed by atoms with Crippen molar-refractivity contribution in [1.82, 2.24) is 15.1 Å². The first-order chi connectivity index (χ1) is 13.5. The van der Waals surface area contributed by atoms with Crippen LogP contribution in [0.25, 0.3) is 11.3 Å². The number of benzene rings is 1. The van der Waals surface area contributed by atoms with Gasteiger partial charge in [-0.05, 0) is 50.1 Å². The van der Waals surface area contributed by atoms with Crippen LogP contribution in [0.4, 0.5) is 5.82 Å². The number of aryl methyl sites for hydroxylation is 1. The van der Waals surface area contributed by atoms with Crippen LogP contribution in [0.15, 0.2) is 24.3 Å². The zero-order valence-corrected chi connectivity index (χ0v) is 16.2. The van der Waals surface area contributed by atoms with Gasteiger partial charge >= 0.3 is 5.97 Å². The molecule has 1 aromatic heterocycles. The normalized spacial score (nSPS) is 17.3. The Morgan fingerprint density at radius 2 is 2.18 bits per heavy atom. The minimum Gasteiger partial charge on any atom is -0.507 e. The number of piperidine rings is 1. The van der Waals surface area contributed by atoms with E-state index in [9.17, 15) is 9.90 Å². The third-order valence-corrected chi connectivity index (χ3v) is 4.94. The summed E-state index contributed by atoms with van der Waals surface area (Å²) in [5.74, 6) is 0.585. The predicted molar refractivity (Wildman–Crippen MR) is 106 cm³/mol. The molecule has 0 spiro atoms. The Bertz CT molecular complexity index is 843. The molecule has 2 heterocycles. The third kappa shape index (κ3) is 4.89. The fourth-order valence-corrected chi connectivity index (χ4v) is 3.50. The molecule has 1 aliphatic heterocycles. The molecule has 1 unspecified atom stereocenters. The molecule has 3 rings (SSSR count). The number of nitrogens with zero attached hydrogens (tertiary/aromatic N) is 3. The Hall–Kier alpha value is -2.87. The second kappa shape index (κ2) is 8.88. The van der Waals surface area contributed by atoms with E-state index in [-0.39, 0.29) is 18.2 Å². The van der Waals surface area contributed by atoms with Crippen LogP contribution in [0.2, 0.25) is 0 Å². The van der Waals surface area contributed by atoms with Crippen molar-refractivity contribution in [3.63, 3.8) is 0 Å². The van der Waals surface area contributed by atoms with Gasteiger partial charge in [-0.2, -0.15) is 0 Å². The molecule has 0 amide bonds. The van der Waals surface area contributed by atoms with Gasteiger partial charge in [-0.15, -0.1) is 10.2 Å². The van der Waals surface area contributed by atoms with E-state index in [1.807, 2.05) is 13.0 Å². The van der Waals surface area contributed by atoms with Crippen molar-refractivity contribution in [1.29, 1.82) is 0 Å². The highest BCUT2D eigenvalue weighted by molar-refractivity contribution is 5.71. The van der Waals surface area contributed by atoms with Gasteiger partial charge in [0.25, 0.3) is 0 Å². The Labute approximate surface area is 164 Å². The summed E-state index contributed by atoms with van der Waals surface area (Å²) >= 11 is 0. The van der Waals surface area contributed by atoms with E-state index in [0.717, 1.165) is 31.5 Å². The molecular formula is C20H26N4O4. The Morgan fingerprint density at radius 3 is 2.86 bits per heavy atom. The number of likely N-dealkylation sites (tertiary alicyclic amines) is 1. The maximum absolute atomic E-state index is 10.8. The molecule has 0 saturated carbocycles. The third-order valence-electron chi connectivity index (χ3n) is 4.94.